The summed E-state index contributed by atoms with van der Waals surface area (Å²) >= 11 is 0. The lowest BCUT2D eigenvalue weighted by Crippen LogP contribution is -2.23. The average Bonchev–Trinajstić information content (AvgIpc) is 2.95. The molecule has 1 fully saturated rings. The SMILES string of the molecule is CCCOCc1nnnn1CC1(C(=O)O)CC1. The van der Waals surface area contributed by atoms with Gasteiger partial charge in [-0.1, -0.05) is 6.92 Å². The third-order valence-electron chi connectivity index (χ3n) is 2.95. The minimum Gasteiger partial charge on any atom is -0.481 e. The van der Waals surface area contributed by atoms with Crippen molar-refractivity contribution in [2.75, 3.05) is 6.61 Å². The number of hydrogen-bond acceptors (Lipinski definition) is 5. The second-order valence-corrected chi connectivity index (χ2v) is 4.39. The van der Waals surface area contributed by atoms with E-state index in [4.69, 9.17) is 9.84 Å². The van der Waals surface area contributed by atoms with E-state index in [1.54, 1.807) is 0 Å². The van der Waals surface area contributed by atoms with E-state index >= 15 is 0 Å². The fourth-order valence-electron chi connectivity index (χ4n) is 1.63. The van der Waals surface area contributed by atoms with Gasteiger partial charge in [0.1, 0.15) is 6.61 Å². The van der Waals surface area contributed by atoms with E-state index in [-0.39, 0.29) is 0 Å². The quantitative estimate of drug-likeness (QED) is 0.696. The van der Waals surface area contributed by atoms with Crippen molar-refractivity contribution >= 4 is 5.97 Å². The monoisotopic (exact) mass is 240 g/mol. The van der Waals surface area contributed by atoms with Crippen LogP contribution in [0, 0.1) is 5.41 Å². The van der Waals surface area contributed by atoms with Gasteiger partial charge in [0.2, 0.25) is 0 Å². The molecule has 7 nitrogen and oxygen atoms in total. The molecule has 0 bridgehead atoms. The van der Waals surface area contributed by atoms with Gasteiger partial charge in [-0.2, -0.15) is 0 Å². The van der Waals surface area contributed by atoms with E-state index in [9.17, 15) is 4.79 Å². The molecular formula is C10H16N4O3. The minimum absolute atomic E-state index is 0.330. The summed E-state index contributed by atoms with van der Waals surface area (Å²) in [4.78, 5) is 11.1. The second kappa shape index (κ2) is 4.79. The average molecular weight is 240 g/mol. The predicted octanol–water partition coefficient (Wildman–Crippen LogP) is 0.464. The molecule has 1 aromatic rings. The molecule has 0 aromatic carbocycles. The summed E-state index contributed by atoms with van der Waals surface area (Å²) in [6.45, 7) is 3.33. The molecular weight excluding hydrogens is 224 g/mol. The molecule has 0 saturated heterocycles. The molecule has 7 heteroatoms. The zero-order valence-corrected chi connectivity index (χ0v) is 9.80. The summed E-state index contributed by atoms with van der Waals surface area (Å²) in [6.07, 6.45) is 2.32. The van der Waals surface area contributed by atoms with Crippen LogP contribution < -0.4 is 0 Å². The molecule has 17 heavy (non-hydrogen) atoms. The van der Waals surface area contributed by atoms with Crippen LogP contribution in [0.4, 0.5) is 0 Å². The van der Waals surface area contributed by atoms with Crippen molar-refractivity contribution in [3.63, 3.8) is 0 Å². The van der Waals surface area contributed by atoms with Gasteiger partial charge in [0.15, 0.2) is 5.82 Å². The highest BCUT2D eigenvalue weighted by Crippen LogP contribution is 2.47. The van der Waals surface area contributed by atoms with Crippen LogP contribution in [0.15, 0.2) is 0 Å². The largest absolute Gasteiger partial charge is 0.481 e. The molecule has 1 aromatic heterocycles. The summed E-state index contributed by atoms with van der Waals surface area (Å²) < 4.78 is 6.89. The van der Waals surface area contributed by atoms with E-state index < -0.39 is 11.4 Å². The number of carboxylic acid groups (broad SMARTS) is 1. The maximum absolute atomic E-state index is 11.1. The van der Waals surface area contributed by atoms with Crippen molar-refractivity contribution in [3.8, 4) is 0 Å². The number of ether oxygens (including phenoxy) is 1. The lowest BCUT2D eigenvalue weighted by Gasteiger charge is -2.10. The maximum atomic E-state index is 11.1. The highest BCUT2D eigenvalue weighted by atomic mass is 16.5. The molecule has 94 valence electrons. The summed E-state index contributed by atoms with van der Waals surface area (Å²) in [7, 11) is 0. The van der Waals surface area contributed by atoms with Gasteiger partial charge in [-0.15, -0.1) is 5.10 Å². The highest BCUT2D eigenvalue weighted by Gasteiger charge is 2.51. The van der Waals surface area contributed by atoms with Crippen LogP contribution in [0.25, 0.3) is 0 Å². The topological polar surface area (TPSA) is 90.1 Å². The fraction of sp³-hybridized carbons (Fsp3) is 0.800. The molecule has 1 heterocycles. The van der Waals surface area contributed by atoms with Crippen molar-refractivity contribution < 1.29 is 14.6 Å². The molecule has 1 aliphatic rings. The van der Waals surface area contributed by atoms with Crippen LogP contribution in [-0.4, -0.2) is 37.9 Å². The smallest absolute Gasteiger partial charge is 0.311 e. The summed E-state index contributed by atoms with van der Waals surface area (Å²) in [5, 5.41) is 20.3. The Labute approximate surface area is 98.8 Å². The summed E-state index contributed by atoms with van der Waals surface area (Å²) in [5.74, 6) is -0.181. The third-order valence-corrected chi connectivity index (χ3v) is 2.95. The van der Waals surface area contributed by atoms with Gasteiger partial charge in [0.05, 0.1) is 12.0 Å². The zero-order chi connectivity index (χ0) is 12.3. The number of carboxylic acids is 1. The molecule has 0 aliphatic heterocycles. The van der Waals surface area contributed by atoms with Gasteiger partial charge in [-0.3, -0.25) is 4.79 Å². The Kier molecular flexibility index (Phi) is 3.37. The Bertz CT molecular complexity index is 400. The van der Waals surface area contributed by atoms with E-state index in [2.05, 4.69) is 15.5 Å². The van der Waals surface area contributed by atoms with Crippen molar-refractivity contribution in [2.24, 2.45) is 5.41 Å². The number of carbonyl (C=O) groups is 1. The lowest BCUT2D eigenvalue weighted by molar-refractivity contribution is -0.144. The van der Waals surface area contributed by atoms with Crippen LogP contribution in [0.3, 0.4) is 0 Å². The number of nitrogens with zero attached hydrogens (tertiary/aromatic N) is 4. The Morgan fingerprint density at radius 3 is 2.94 bits per heavy atom. The predicted molar refractivity (Wildman–Crippen MR) is 57.1 cm³/mol. The fourth-order valence-corrected chi connectivity index (χ4v) is 1.63. The molecule has 2 rings (SSSR count). The molecule has 1 aliphatic carbocycles. The molecule has 1 N–H and O–H groups in total. The van der Waals surface area contributed by atoms with E-state index in [0.29, 0.717) is 38.4 Å². The first kappa shape index (κ1) is 12.0. The van der Waals surface area contributed by atoms with Crippen LogP contribution in [0.1, 0.15) is 32.0 Å². The van der Waals surface area contributed by atoms with Crippen LogP contribution in [0.5, 0.6) is 0 Å². The molecule has 0 spiro atoms. The van der Waals surface area contributed by atoms with Gasteiger partial charge in [-0.05, 0) is 29.7 Å². The Hall–Kier alpha value is -1.50. The summed E-state index contributed by atoms with van der Waals surface area (Å²) in [5.41, 5.74) is -0.658. The molecule has 0 amide bonds. The van der Waals surface area contributed by atoms with Crippen molar-refractivity contribution in [3.05, 3.63) is 5.82 Å². The molecule has 0 unspecified atom stereocenters. The van der Waals surface area contributed by atoms with Crippen LogP contribution in [0.2, 0.25) is 0 Å². The Balaban J connectivity index is 1.97. The Morgan fingerprint density at radius 1 is 1.59 bits per heavy atom. The first-order valence-electron chi connectivity index (χ1n) is 5.74. The van der Waals surface area contributed by atoms with Crippen molar-refractivity contribution in [2.45, 2.75) is 39.3 Å². The number of tetrazole rings is 1. The van der Waals surface area contributed by atoms with E-state index in [0.717, 1.165) is 6.42 Å². The second-order valence-electron chi connectivity index (χ2n) is 4.39. The van der Waals surface area contributed by atoms with E-state index in [1.165, 1.54) is 4.68 Å². The maximum Gasteiger partial charge on any atom is 0.311 e. The van der Waals surface area contributed by atoms with Gasteiger partial charge in [0.25, 0.3) is 0 Å². The number of aromatic nitrogens is 4. The van der Waals surface area contributed by atoms with Crippen molar-refractivity contribution in [1.82, 2.24) is 20.2 Å². The lowest BCUT2D eigenvalue weighted by atomic mass is 10.1. The molecule has 0 atom stereocenters. The van der Waals surface area contributed by atoms with Gasteiger partial charge < -0.3 is 9.84 Å². The number of aliphatic carboxylic acids is 1. The van der Waals surface area contributed by atoms with Gasteiger partial charge >= 0.3 is 5.97 Å². The van der Waals surface area contributed by atoms with Gasteiger partial charge in [0, 0.05) is 6.61 Å². The van der Waals surface area contributed by atoms with Crippen LogP contribution >= 0.6 is 0 Å². The Morgan fingerprint density at radius 2 is 2.35 bits per heavy atom. The number of rotatable bonds is 7. The van der Waals surface area contributed by atoms with Crippen LogP contribution in [-0.2, 0) is 22.7 Å². The van der Waals surface area contributed by atoms with E-state index in [1.807, 2.05) is 6.92 Å². The first-order chi connectivity index (χ1) is 8.18. The first-order valence-corrected chi connectivity index (χ1v) is 5.74. The van der Waals surface area contributed by atoms with Crippen molar-refractivity contribution in [1.29, 1.82) is 0 Å². The minimum atomic E-state index is -0.770. The standard InChI is InChI=1S/C10H16N4O3/c1-2-5-17-6-8-11-12-13-14(8)7-10(3-4-10)9(15)16/h2-7H2,1H3,(H,15,16). The van der Waals surface area contributed by atoms with Gasteiger partial charge in [-0.25, -0.2) is 4.68 Å². The normalized spacial score (nSPS) is 17.0. The highest BCUT2D eigenvalue weighted by molar-refractivity contribution is 5.77. The molecule has 1 saturated carbocycles. The third kappa shape index (κ3) is 2.60. The molecule has 0 radical (unpaired) electrons. The number of hydrogen-bond donors (Lipinski definition) is 1. The zero-order valence-electron chi connectivity index (χ0n) is 9.80. The summed E-state index contributed by atoms with van der Waals surface area (Å²) in [6, 6.07) is 0.